The van der Waals surface area contributed by atoms with Gasteiger partial charge < -0.3 is 15.1 Å². The zero-order valence-electron chi connectivity index (χ0n) is 16.3. The molecule has 3 heterocycles. The minimum Gasteiger partial charge on any atom is -0.354 e. The lowest BCUT2D eigenvalue weighted by atomic mass is 10.2. The lowest BCUT2D eigenvalue weighted by Crippen LogP contribution is -2.44. The van der Waals surface area contributed by atoms with E-state index in [1.807, 2.05) is 19.1 Å². The normalized spacial score (nSPS) is 14.8. The second-order valence-corrected chi connectivity index (χ2v) is 7.09. The van der Waals surface area contributed by atoms with E-state index in [1.54, 1.807) is 12.1 Å². The van der Waals surface area contributed by atoms with E-state index < -0.39 is 4.92 Å². The van der Waals surface area contributed by atoms with Crippen LogP contribution in [0.25, 0.3) is 11.4 Å². The van der Waals surface area contributed by atoms with E-state index in [-0.39, 0.29) is 5.69 Å². The molecular formula is C19H22N8O2. The van der Waals surface area contributed by atoms with Crippen LogP contribution in [0.2, 0.25) is 0 Å². The maximum absolute atomic E-state index is 10.9. The molecule has 0 amide bonds. The van der Waals surface area contributed by atoms with Crippen LogP contribution >= 0.6 is 0 Å². The van der Waals surface area contributed by atoms with Gasteiger partial charge in [-0.3, -0.25) is 15.2 Å². The fourth-order valence-corrected chi connectivity index (χ4v) is 3.17. The Morgan fingerprint density at radius 2 is 1.79 bits per heavy atom. The largest absolute Gasteiger partial charge is 0.354 e. The fraction of sp³-hybridized carbons (Fsp3) is 0.316. The topological polar surface area (TPSA) is 116 Å². The smallest absolute Gasteiger partial charge is 0.269 e. The number of aromatic nitrogens is 4. The van der Waals surface area contributed by atoms with Gasteiger partial charge in [0.1, 0.15) is 11.6 Å². The van der Waals surface area contributed by atoms with Gasteiger partial charge in [0.05, 0.1) is 4.92 Å². The lowest BCUT2D eigenvalue weighted by molar-refractivity contribution is -0.384. The highest BCUT2D eigenvalue weighted by Crippen LogP contribution is 2.26. The van der Waals surface area contributed by atoms with Crippen LogP contribution in [0.15, 0.2) is 36.4 Å². The van der Waals surface area contributed by atoms with Gasteiger partial charge in [0.15, 0.2) is 11.6 Å². The molecule has 10 nitrogen and oxygen atoms in total. The molecule has 0 unspecified atom stereocenters. The number of likely N-dealkylation sites (N-methyl/N-ethyl adjacent to an activating group) is 1. The van der Waals surface area contributed by atoms with Crippen LogP contribution in [0.4, 0.5) is 23.1 Å². The van der Waals surface area contributed by atoms with Crippen LogP contribution in [0.3, 0.4) is 0 Å². The average molecular weight is 394 g/mol. The highest BCUT2D eigenvalue weighted by atomic mass is 16.6. The summed E-state index contributed by atoms with van der Waals surface area (Å²) >= 11 is 0. The van der Waals surface area contributed by atoms with Crippen LogP contribution in [-0.2, 0) is 0 Å². The first-order valence-corrected chi connectivity index (χ1v) is 9.34. The molecule has 4 rings (SSSR count). The number of anilines is 3. The number of hydrogen-bond acceptors (Lipinski definition) is 8. The molecule has 1 fully saturated rings. The monoisotopic (exact) mass is 394 g/mol. The molecule has 0 spiro atoms. The predicted molar refractivity (Wildman–Crippen MR) is 110 cm³/mol. The second-order valence-electron chi connectivity index (χ2n) is 7.09. The maximum atomic E-state index is 10.9. The molecule has 0 saturated carbocycles. The van der Waals surface area contributed by atoms with E-state index in [9.17, 15) is 10.1 Å². The van der Waals surface area contributed by atoms with Crippen molar-refractivity contribution in [3.05, 3.63) is 52.2 Å². The van der Waals surface area contributed by atoms with Crippen molar-refractivity contribution in [1.82, 2.24) is 25.1 Å². The number of H-pyrrole nitrogens is 1. The number of rotatable bonds is 5. The van der Waals surface area contributed by atoms with Crippen LogP contribution in [0.5, 0.6) is 0 Å². The molecule has 0 aliphatic carbocycles. The van der Waals surface area contributed by atoms with Gasteiger partial charge in [0, 0.05) is 61.7 Å². The van der Waals surface area contributed by atoms with Crippen LogP contribution in [0.1, 0.15) is 5.69 Å². The second kappa shape index (κ2) is 7.84. The molecule has 3 aromatic rings. The Bertz CT molecular complexity index is 1010. The number of aryl methyl sites for hydroxylation is 1. The Hall–Kier alpha value is -3.53. The number of nitro groups is 1. The van der Waals surface area contributed by atoms with E-state index in [0.717, 1.165) is 37.7 Å². The maximum Gasteiger partial charge on any atom is 0.269 e. The summed E-state index contributed by atoms with van der Waals surface area (Å²) in [7, 11) is 2.10. The van der Waals surface area contributed by atoms with Crippen molar-refractivity contribution in [3.8, 4) is 11.4 Å². The van der Waals surface area contributed by atoms with Gasteiger partial charge in [-0.25, -0.2) is 9.97 Å². The summed E-state index contributed by atoms with van der Waals surface area (Å²) in [6.07, 6.45) is 0. The van der Waals surface area contributed by atoms with Crippen molar-refractivity contribution in [2.24, 2.45) is 0 Å². The number of benzene rings is 1. The number of hydrogen-bond donors (Lipinski definition) is 2. The van der Waals surface area contributed by atoms with Crippen molar-refractivity contribution in [2.75, 3.05) is 43.4 Å². The molecule has 0 radical (unpaired) electrons. The average Bonchev–Trinajstić information content (AvgIpc) is 3.13. The molecule has 1 saturated heterocycles. The summed E-state index contributed by atoms with van der Waals surface area (Å²) < 4.78 is 0. The third kappa shape index (κ3) is 4.32. The van der Waals surface area contributed by atoms with Crippen molar-refractivity contribution >= 4 is 23.1 Å². The Morgan fingerprint density at radius 3 is 2.41 bits per heavy atom. The molecule has 1 aliphatic heterocycles. The number of piperazine rings is 1. The van der Waals surface area contributed by atoms with Crippen LogP contribution in [-0.4, -0.2) is 63.2 Å². The van der Waals surface area contributed by atoms with Crippen molar-refractivity contribution in [3.63, 3.8) is 0 Å². The van der Waals surface area contributed by atoms with E-state index in [2.05, 4.69) is 37.3 Å². The Morgan fingerprint density at radius 1 is 1.07 bits per heavy atom. The Balaban J connectivity index is 1.69. The molecule has 1 aromatic carbocycles. The third-order valence-corrected chi connectivity index (χ3v) is 4.84. The number of nitrogens with one attached hydrogen (secondary N) is 2. The number of non-ortho nitro benzene ring substituents is 1. The first-order valence-electron chi connectivity index (χ1n) is 9.34. The standard InChI is InChI=1S/C19H22N8O2/c1-13-11-17(24-23-13)20-16-12-18(26-9-7-25(2)8-10-26)22-19(21-16)14-3-5-15(6-4-14)27(28)29/h3-6,11-12H,7-10H2,1-2H3,(H2,20,21,22,23,24). The lowest BCUT2D eigenvalue weighted by Gasteiger charge is -2.33. The minimum absolute atomic E-state index is 0.0364. The van der Waals surface area contributed by atoms with Crippen molar-refractivity contribution in [2.45, 2.75) is 6.92 Å². The molecule has 29 heavy (non-hydrogen) atoms. The van der Waals surface area contributed by atoms with E-state index in [0.29, 0.717) is 23.0 Å². The summed E-state index contributed by atoms with van der Waals surface area (Å²) in [6, 6.07) is 10.1. The Kier molecular flexibility index (Phi) is 5.09. The number of aromatic amines is 1. The predicted octanol–water partition coefficient (Wildman–Crippen LogP) is 2.58. The summed E-state index contributed by atoms with van der Waals surface area (Å²) in [5.41, 5.74) is 1.69. The highest BCUT2D eigenvalue weighted by Gasteiger charge is 2.18. The molecule has 2 aromatic heterocycles. The molecule has 10 heteroatoms. The summed E-state index contributed by atoms with van der Waals surface area (Å²) in [4.78, 5) is 24.4. The van der Waals surface area contributed by atoms with Gasteiger partial charge >= 0.3 is 0 Å². The molecule has 1 aliphatic rings. The quantitative estimate of drug-likeness (QED) is 0.501. The number of nitrogens with zero attached hydrogens (tertiary/aromatic N) is 6. The van der Waals surface area contributed by atoms with Crippen LogP contribution < -0.4 is 10.2 Å². The third-order valence-electron chi connectivity index (χ3n) is 4.84. The first kappa shape index (κ1) is 18.8. The van der Waals surface area contributed by atoms with E-state index in [4.69, 9.17) is 4.98 Å². The molecule has 0 atom stereocenters. The molecule has 150 valence electrons. The molecular weight excluding hydrogens is 372 g/mol. The van der Waals surface area contributed by atoms with E-state index in [1.165, 1.54) is 12.1 Å². The summed E-state index contributed by atoms with van der Waals surface area (Å²) in [5.74, 6) is 2.61. The first-order chi connectivity index (χ1) is 14.0. The van der Waals surface area contributed by atoms with Gasteiger partial charge in [-0.2, -0.15) is 5.10 Å². The zero-order chi connectivity index (χ0) is 20.4. The van der Waals surface area contributed by atoms with Gasteiger partial charge in [-0.1, -0.05) is 0 Å². The number of nitro benzene ring substituents is 1. The van der Waals surface area contributed by atoms with Gasteiger partial charge in [-0.15, -0.1) is 0 Å². The SMILES string of the molecule is Cc1cc(Nc2cc(N3CCN(C)CC3)nc(-c3ccc([N+](=O)[O-])cc3)n2)n[nH]1. The van der Waals surface area contributed by atoms with Crippen molar-refractivity contribution in [1.29, 1.82) is 0 Å². The van der Waals surface area contributed by atoms with Crippen molar-refractivity contribution < 1.29 is 4.92 Å². The minimum atomic E-state index is -0.418. The van der Waals surface area contributed by atoms with E-state index >= 15 is 0 Å². The highest BCUT2D eigenvalue weighted by molar-refractivity contribution is 5.65. The van der Waals surface area contributed by atoms with Crippen LogP contribution in [0, 0.1) is 17.0 Å². The Labute approximate surface area is 167 Å². The van der Waals surface area contributed by atoms with Gasteiger partial charge in [-0.05, 0) is 26.1 Å². The van der Waals surface area contributed by atoms with Gasteiger partial charge in [0.2, 0.25) is 0 Å². The summed E-state index contributed by atoms with van der Waals surface area (Å²) in [6.45, 7) is 5.58. The zero-order valence-corrected chi connectivity index (χ0v) is 16.3. The van der Waals surface area contributed by atoms with Gasteiger partial charge in [0.25, 0.3) is 5.69 Å². The summed E-state index contributed by atoms with van der Waals surface area (Å²) in [5, 5.41) is 21.3. The molecule has 0 bridgehead atoms. The fourth-order valence-electron chi connectivity index (χ4n) is 3.17. The molecule has 2 N–H and O–H groups in total.